The van der Waals surface area contributed by atoms with Crippen molar-refractivity contribution in [1.82, 2.24) is 9.88 Å². The SMILES string of the molecule is COc1cc(/C=C2\SC(=Nc3ccccc3)N(CCc3c[nH]c4ccccc34)C2=O)ccc1O[C@@H](C)C(=O)O. The Kier molecular flexibility index (Phi) is 7.69. The molecule has 198 valence electrons. The third kappa shape index (κ3) is 5.83. The third-order valence-electron chi connectivity index (χ3n) is 6.29. The van der Waals surface area contributed by atoms with Crippen molar-refractivity contribution in [3.05, 3.63) is 95.0 Å². The molecule has 0 aliphatic carbocycles. The lowest BCUT2D eigenvalue weighted by Gasteiger charge is -2.15. The molecule has 1 aliphatic rings. The summed E-state index contributed by atoms with van der Waals surface area (Å²) in [4.78, 5) is 35.1. The average Bonchev–Trinajstić information content (AvgIpc) is 3.48. The summed E-state index contributed by atoms with van der Waals surface area (Å²) in [5.74, 6) is -0.517. The van der Waals surface area contributed by atoms with Crippen molar-refractivity contribution in [2.75, 3.05) is 13.7 Å². The van der Waals surface area contributed by atoms with Crippen LogP contribution in [0.3, 0.4) is 0 Å². The number of aromatic amines is 1. The third-order valence-corrected chi connectivity index (χ3v) is 7.29. The number of amidine groups is 1. The Morgan fingerprint density at radius 2 is 1.87 bits per heavy atom. The van der Waals surface area contributed by atoms with E-state index in [4.69, 9.17) is 19.6 Å². The Morgan fingerprint density at radius 3 is 2.64 bits per heavy atom. The highest BCUT2D eigenvalue weighted by Gasteiger charge is 2.33. The van der Waals surface area contributed by atoms with Gasteiger partial charge in [-0.1, -0.05) is 42.5 Å². The van der Waals surface area contributed by atoms with Crippen molar-refractivity contribution in [3.63, 3.8) is 0 Å². The van der Waals surface area contributed by atoms with Crippen molar-refractivity contribution in [2.24, 2.45) is 4.99 Å². The van der Waals surface area contributed by atoms with Crippen LogP contribution in [0.1, 0.15) is 18.1 Å². The molecule has 4 aromatic rings. The Hall–Kier alpha value is -4.50. The molecule has 5 rings (SSSR count). The van der Waals surface area contributed by atoms with Gasteiger partial charge in [0.2, 0.25) is 0 Å². The number of rotatable bonds is 9. The number of amides is 1. The van der Waals surface area contributed by atoms with Crippen LogP contribution in [0.4, 0.5) is 5.69 Å². The molecular weight excluding hydrogens is 514 g/mol. The molecule has 0 bridgehead atoms. The minimum atomic E-state index is -1.07. The summed E-state index contributed by atoms with van der Waals surface area (Å²) in [7, 11) is 1.48. The molecule has 8 nitrogen and oxygen atoms in total. The summed E-state index contributed by atoms with van der Waals surface area (Å²) in [6.07, 6.45) is 3.41. The van der Waals surface area contributed by atoms with Crippen LogP contribution in [-0.2, 0) is 16.0 Å². The number of fused-ring (bicyclic) bond motifs is 1. The van der Waals surface area contributed by atoms with E-state index < -0.39 is 12.1 Å². The van der Waals surface area contributed by atoms with Crippen molar-refractivity contribution in [2.45, 2.75) is 19.4 Å². The van der Waals surface area contributed by atoms with Crippen LogP contribution in [-0.4, -0.2) is 51.8 Å². The van der Waals surface area contributed by atoms with Gasteiger partial charge in [0.15, 0.2) is 22.8 Å². The van der Waals surface area contributed by atoms with Gasteiger partial charge in [0, 0.05) is 23.6 Å². The number of aromatic nitrogens is 1. The molecule has 1 aliphatic heterocycles. The van der Waals surface area contributed by atoms with E-state index in [-0.39, 0.29) is 5.91 Å². The number of methoxy groups -OCH3 is 1. The standard InChI is InChI=1S/C30H27N3O5S/c1-19(29(35)36)38-25-13-12-20(16-26(25)37-2)17-27-28(34)33(30(39-27)32-22-8-4-3-5-9-22)15-14-21-18-31-24-11-7-6-10-23(21)24/h3-13,16-19,31H,14-15H2,1-2H3,(H,35,36)/b27-17-,32-30?/t19-/m0/s1. The summed E-state index contributed by atoms with van der Waals surface area (Å²) < 4.78 is 10.9. The molecule has 0 radical (unpaired) electrons. The number of hydrogen-bond donors (Lipinski definition) is 2. The zero-order valence-electron chi connectivity index (χ0n) is 21.5. The molecule has 1 atom stereocenters. The zero-order chi connectivity index (χ0) is 27.4. The van der Waals surface area contributed by atoms with Gasteiger partial charge in [0.05, 0.1) is 17.7 Å². The van der Waals surface area contributed by atoms with Gasteiger partial charge in [0.1, 0.15) is 0 Å². The van der Waals surface area contributed by atoms with E-state index in [1.54, 1.807) is 29.2 Å². The molecule has 1 fully saturated rings. The van der Waals surface area contributed by atoms with Gasteiger partial charge < -0.3 is 19.6 Å². The second kappa shape index (κ2) is 11.5. The first-order chi connectivity index (χ1) is 18.9. The molecular formula is C30H27N3O5S. The maximum atomic E-state index is 13.6. The van der Waals surface area contributed by atoms with E-state index in [0.717, 1.165) is 27.7 Å². The number of benzene rings is 3. The molecule has 1 aromatic heterocycles. The number of H-pyrrole nitrogens is 1. The predicted octanol–water partition coefficient (Wildman–Crippen LogP) is 5.88. The molecule has 39 heavy (non-hydrogen) atoms. The van der Waals surface area contributed by atoms with Crippen molar-refractivity contribution >= 4 is 51.5 Å². The molecule has 1 saturated heterocycles. The Bertz CT molecular complexity index is 1580. The molecule has 3 aromatic carbocycles. The van der Waals surface area contributed by atoms with Crippen LogP contribution in [0, 0.1) is 0 Å². The fourth-order valence-corrected chi connectivity index (χ4v) is 5.26. The number of carboxylic acids is 1. The summed E-state index contributed by atoms with van der Waals surface area (Å²) in [5, 5.41) is 10.9. The van der Waals surface area contributed by atoms with Crippen LogP contribution in [0.5, 0.6) is 11.5 Å². The topological polar surface area (TPSA) is 104 Å². The first kappa shape index (κ1) is 26.1. The number of hydrogen-bond acceptors (Lipinski definition) is 6. The quantitative estimate of drug-likeness (QED) is 0.257. The number of carboxylic acid groups (broad SMARTS) is 1. The molecule has 0 unspecified atom stereocenters. The first-order valence-corrected chi connectivity index (χ1v) is 13.2. The van der Waals surface area contributed by atoms with Crippen LogP contribution < -0.4 is 9.47 Å². The second-order valence-electron chi connectivity index (χ2n) is 8.92. The normalized spacial score (nSPS) is 16.3. The van der Waals surface area contributed by atoms with E-state index in [9.17, 15) is 9.59 Å². The fourth-order valence-electron chi connectivity index (χ4n) is 4.24. The van der Waals surface area contributed by atoms with Crippen LogP contribution >= 0.6 is 11.8 Å². The highest BCUT2D eigenvalue weighted by Crippen LogP contribution is 2.36. The van der Waals surface area contributed by atoms with Gasteiger partial charge in [-0.2, -0.15) is 0 Å². The Balaban J connectivity index is 1.43. The maximum absolute atomic E-state index is 13.6. The predicted molar refractivity (Wildman–Crippen MR) is 154 cm³/mol. The van der Waals surface area contributed by atoms with Gasteiger partial charge in [-0.25, -0.2) is 9.79 Å². The van der Waals surface area contributed by atoms with E-state index in [0.29, 0.717) is 34.5 Å². The van der Waals surface area contributed by atoms with Gasteiger partial charge in [-0.3, -0.25) is 9.69 Å². The fraction of sp³-hybridized carbons (Fsp3) is 0.167. The van der Waals surface area contributed by atoms with E-state index in [1.807, 2.05) is 54.7 Å². The molecule has 2 heterocycles. The van der Waals surface area contributed by atoms with Crippen LogP contribution in [0.25, 0.3) is 17.0 Å². The second-order valence-corrected chi connectivity index (χ2v) is 9.92. The van der Waals surface area contributed by atoms with Crippen molar-refractivity contribution < 1.29 is 24.2 Å². The lowest BCUT2D eigenvalue weighted by Crippen LogP contribution is -2.31. The number of ether oxygens (including phenoxy) is 2. The van der Waals surface area contributed by atoms with Crippen molar-refractivity contribution in [1.29, 1.82) is 0 Å². The lowest BCUT2D eigenvalue weighted by molar-refractivity contribution is -0.144. The number of nitrogens with zero attached hydrogens (tertiary/aromatic N) is 2. The van der Waals surface area contributed by atoms with E-state index in [1.165, 1.54) is 25.8 Å². The number of thioether (sulfide) groups is 1. The molecule has 0 spiro atoms. The minimum Gasteiger partial charge on any atom is -0.493 e. The lowest BCUT2D eigenvalue weighted by atomic mass is 10.1. The van der Waals surface area contributed by atoms with Gasteiger partial charge in [-0.15, -0.1) is 0 Å². The maximum Gasteiger partial charge on any atom is 0.344 e. The number of aliphatic imine (C=N–C) groups is 1. The highest BCUT2D eigenvalue weighted by molar-refractivity contribution is 8.18. The average molecular weight is 542 g/mol. The van der Waals surface area contributed by atoms with Crippen LogP contribution in [0.2, 0.25) is 0 Å². The summed E-state index contributed by atoms with van der Waals surface area (Å²) in [6.45, 7) is 1.92. The van der Waals surface area contributed by atoms with E-state index in [2.05, 4.69) is 11.1 Å². The highest BCUT2D eigenvalue weighted by atomic mass is 32.2. The summed E-state index contributed by atoms with van der Waals surface area (Å²) in [6, 6.07) is 22.8. The molecule has 9 heteroatoms. The number of para-hydroxylation sites is 2. The Morgan fingerprint density at radius 1 is 1.10 bits per heavy atom. The smallest absolute Gasteiger partial charge is 0.344 e. The molecule has 2 N–H and O–H groups in total. The van der Waals surface area contributed by atoms with Crippen molar-refractivity contribution in [3.8, 4) is 11.5 Å². The summed E-state index contributed by atoms with van der Waals surface area (Å²) >= 11 is 1.32. The number of nitrogens with one attached hydrogen (secondary N) is 1. The monoisotopic (exact) mass is 541 g/mol. The van der Waals surface area contributed by atoms with E-state index >= 15 is 0 Å². The van der Waals surface area contributed by atoms with Gasteiger partial charge >= 0.3 is 5.97 Å². The van der Waals surface area contributed by atoms with Crippen LogP contribution in [0.15, 0.2) is 88.9 Å². The Labute approximate surface area is 230 Å². The van der Waals surface area contributed by atoms with Gasteiger partial charge in [-0.05, 0) is 72.6 Å². The zero-order valence-corrected chi connectivity index (χ0v) is 22.3. The van der Waals surface area contributed by atoms with Gasteiger partial charge in [0.25, 0.3) is 5.91 Å². The number of carbonyl (C=O) groups is 2. The molecule has 1 amide bonds. The number of carbonyl (C=O) groups excluding carboxylic acids is 1. The molecule has 0 saturated carbocycles. The first-order valence-electron chi connectivity index (χ1n) is 12.4. The largest absolute Gasteiger partial charge is 0.493 e. The number of aliphatic carboxylic acids is 1. The minimum absolute atomic E-state index is 0.131. The summed E-state index contributed by atoms with van der Waals surface area (Å²) in [5.41, 5.74) is 3.68.